The normalized spacial score (nSPS) is 13.5. The minimum Gasteiger partial charge on any atom is -0.310 e. The fourth-order valence-corrected chi connectivity index (χ4v) is 11.4. The fraction of sp³-hybridized carbons (Fsp3) is 0.0476. The van der Waals surface area contributed by atoms with Gasteiger partial charge in [-0.3, -0.25) is 0 Å². The van der Waals surface area contributed by atoms with Gasteiger partial charge in [-0.05, 0) is 134 Å². The van der Waals surface area contributed by atoms with Gasteiger partial charge in [0.2, 0.25) is 0 Å². The van der Waals surface area contributed by atoms with Crippen molar-refractivity contribution in [1.29, 1.82) is 0 Å². The first kappa shape index (κ1) is 37.4. The molecule has 2 heteroatoms. The second-order valence-electron chi connectivity index (χ2n) is 17.5. The summed E-state index contributed by atoms with van der Waals surface area (Å²) < 4.78 is 2.51. The molecule has 306 valence electrons. The number of hydrogen-bond acceptors (Lipinski definition) is 1. The van der Waals surface area contributed by atoms with E-state index in [1.807, 2.05) is 0 Å². The van der Waals surface area contributed by atoms with Crippen LogP contribution in [0.4, 0.5) is 17.1 Å². The maximum absolute atomic E-state index is 2.51. The van der Waals surface area contributed by atoms with Crippen molar-refractivity contribution >= 4 is 55.7 Å². The minimum absolute atomic E-state index is 0.480. The summed E-state index contributed by atoms with van der Waals surface area (Å²) in [5, 5.41) is 5.32. The second-order valence-corrected chi connectivity index (χ2v) is 17.5. The van der Waals surface area contributed by atoms with Gasteiger partial charge >= 0.3 is 0 Å². The van der Waals surface area contributed by atoms with E-state index in [1.54, 1.807) is 0 Å². The summed E-state index contributed by atoms with van der Waals surface area (Å²) in [4.78, 5) is 2.40. The summed E-state index contributed by atoms with van der Waals surface area (Å²) in [6.45, 7) is 0. The van der Waals surface area contributed by atoms with Gasteiger partial charge < -0.3 is 9.47 Å². The molecule has 0 N–H and O–H groups in total. The predicted octanol–water partition coefficient (Wildman–Crippen LogP) is 16.4. The van der Waals surface area contributed by atoms with Gasteiger partial charge in [0, 0.05) is 33.5 Å². The summed E-state index contributed by atoms with van der Waals surface area (Å²) in [6.07, 6.45) is 6.77. The van der Waals surface area contributed by atoms with E-state index in [4.69, 9.17) is 0 Å². The maximum atomic E-state index is 2.51. The molecule has 2 aliphatic rings. The highest BCUT2D eigenvalue weighted by atomic mass is 15.1. The number of anilines is 3. The lowest BCUT2D eigenvalue weighted by Crippen LogP contribution is -2.28. The van der Waals surface area contributed by atoms with E-state index in [-0.39, 0.29) is 0 Å². The molecule has 0 saturated heterocycles. The van der Waals surface area contributed by atoms with E-state index in [9.17, 15) is 0 Å². The lowest BCUT2D eigenvalue weighted by molar-refractivity contribution is 0.768. The van der Waals surface area contributed by atoms with Crippen molar-refractivity contribution < 1.29 is 0 Å². The van der Waals surface area contributed by atoms with Crippen molar-refractivity contribution in [2.75, 3.05) is 4.90 Å². The van der Waals surface area contributed by atoms with Crippen LogP contribution in [0.2, 0.25) is 0 Å². The molecule has 11 aromatic rings. The largest absolute Gasteiger partial charge is 0.310 e. The first-order valence-corrected chi connectivity index (χ1v) is 22.8. The molecule has 1 aromatic heterocycles. The lowest BCUT2D eigenvalue weighted by atomic mass is 9.67. The van der Waals surface area contributed by atoms with Gasteiger partial charge in [0.15, 0.2) is 0 Å². The Hall–Kier alpha value is -8.20. The Morgan fingerprint density at radius 3 is 1.71 bits per heavy atom. The van der Waals surface area contributed by atoms with E-state index in [0.717, 1.165) is 29.9 Å². The molecule has 0 aliphatic heterocycles. The van der Waals surface area contributed by atoms with Gasteiger partial charge in [0.1, 0.15) is 0 Å². The van der Waals surface area contributed by atoms with Crippen LogP contribution in [0.3, 0.4) is 0 Å². The number of para-hydroxylation sites is 2. The zero-order valence-electron chi connectivity index (χ0n) is 35.9. The topological polar surface area (TPSA) is 8.17 Å². The first-order valence-electron chi connectivity index (χ1n) is 22.8. The quantitative estimate of drug-likeness (QED) is 0.155. The van der Waals surface area contributed by atoms with Gasteiger partial charge in [-0.25, -0.2) is 0 Å². The fourth-order valence-electron chi connectivity index (χ4n) is 11.4. The number of aryl methyl sites for hydroxylation is 1. The summed E-state index contributed by atoms with van der Waals surface area (Å²) in [5.41, 5.74) is 19.5. The van der Waals surface area contributed by atoms with Crippen molar-refractivity contribution in [3.63, 3.8) is 0 Å². The van der Waals surface area contributed by atoms with E-state index in [1.165, 1.54) is 93.9 Å². The van der Waals surface area contributed by atoms with Crippen LogP contribution in [-0.4, -0.2) is 4.57 Å². The predicted molar refractivity (Wildman–Crippen MR) is 273 cm³/mol. The number of benzene rings is 10. The molecular weight excluding hydrogens is 785 g/mol. The van der Waals surface area contributed by atoms with Crippen molar-refractivity contribution in [3.05, 3.63) is 270 Å². The first-order chi connectivity index (χ1) is 32.3. The summed E-state index contributed by atoms with van der Waals surface area (Å²) in [7, 11) is 0. The monoisotopic (exact) mass is 828 g/mol. The number of fused-ring (bicyclic) bond motifs is 11. The van der Waals surface area contributed by atoms with E-state index in [2.05, 4.69) is 252 Å². The van der Waals surface area contributed by atoms with E-state index < -0.39 is 5.41 Å². The third-order valence-corrected chi connectivity index (χ3v) is 14.1. The van der Waals surface area contributed by atoms with E-state index >= 15 is 0 Å². The molecular formula is C63H44N2. The SMILES string of the molecule is C1=Cc2c(c3c(c4ccccc24)c2ccccc2n3-c2ccc(-c3ccc(N(c4ccccc4)c4ccc5c(c4)C(c4ccccc4)(c4ccccc4)c4ccccc4-5)cc3)cc2)CC1. The Bertz CT molecular complexity index is 3580. The summed E-state index contributed by atoms with van der Waals surface area (Å²) >= 11 is 0. The third-order valence-electron chi connectivity index (χ3n) is 14.1. The second kappa shape index (κ2) is 15.0. The van der Waals surface area contributed by atoms with Gasteiger partial charge in [-0.1, -0.05) is 188 Å². The Morgan fingerprint density at radius 1 is 0.431 bits per heavy atom. The van der Waals surface area contributed by atoms with Crippen molar-refractivity contribution in [2.45, 2.75) is 18.3 Å². The molecule has 2 nitrogen and oxygen atoms in total. The molecule has 0 atom stereocenters. The number of aromatic nitrogens is 1. The molecule has 13 rings (SSSR count). The van der Waals surface area contributed by atoms with Gasteiger partial charge in [0.25, 0.3) is 0 Å². The Balaban J connectivity index is 0.916. The molecule has 0 amide bonds. The standard InChI is InChI=1S/C63H44N2/c1-4-18-45(19-5-1)63(46-20-6-2-7-21-46)58-30-16-14-26-53(58)54-41-40-50(42-59(54)63)64(47-22-8-3-9-23-47)48-36-32-43(33-37-48)44-34-38-49(39-35-44)65-60-31-17-15-29-57(60)61-55-27-12-10-24-51(55)52-25-11-13-28-56(52)62(61)65/h1-12,14-27,29-42H,13,28H2. The molecule has 10 aromatic carbocycles. The van der Waals surface area contributed by atoms with Crippen LogP contribution in [-0.2, 0) is 11.8 Å². The average Bonchev–Trinajstić information content (AvgIpc) is 3.89. The van der Waals surface area contributed by atoms with Crippen LogP contribution >= 0.6 is 0 Å². The van der Waals surface area contributed by atoms with Crippen LogP contribution in [0.5, 0.6) is 0 Å². The smallest absolute Gasteiger partial charge is 0.0714 e. The Morgan fingerprint density at radius 2 is 0.985 bits per heavy atom. The van der Waals surface area contributed by atoms with Crippen LogP contribution in [0.1, 0.15) is 39.8 Å². The summed E-state index contributed by atoms with van der Waals surface area (Å²) in [5.74, 6) is 0. The van der Waals surface area contributed by atoms with Crippen molar-refractivity contribution in [2.24, 2.45) is 0 Å². The molecule has 65 heavy (non-hydrogen) atoms. The lowest BCUT2D eigenvalue weighted by Gasteiger charge is -2.35. The van der Waals surface area contributed by atoms with Crippen molar-refractivity contribution in [3.8, 4) is 27.9 Å². The minimum atomic E-state index is -0.480. The molecule has 0 fully saturated rings. The molecule has 0 radical (unpaired) electrons. The third kappa shape index (κ3) is 5.67. The van der Waals surface area contributed by atoms with Gasteiger partial charge in [-0.2, -0.15) is 0 Å². The number of hydrogen-bond donors (Lipinski definition) is 0. The summed E-state index contributed by atoms with van der Waals surface area (Å²) in [6, 6.07) is 85.1. The molecule has 0 unspecified atom stereocenters. The average molecular weight is 829 g/mol. The molecule has 0 spiro atoms. The van der Waals surface area contributed by atoms with Crippen molar-refractivity contribution in [1.82, 2.24) is 4.57 Å². The van der Waals surface area contributed by atoms with Crippen LogP contribution < -0.4 is 4.90 Å². The highest BCUT2D eigenvalue weighted by molar-refractivity contribution is 6.24. The van der Waals surface area contributed by atoms with Gasteiger partial charge in [0.05, 0.1) is 16.4 Å². The van der Waals surface area contributed by atoms with Gasteiger partial charge in [-0.15, -0.1) is 0 Å². The molecule has 0 saturated carbocycles. The molecule has 1 heterocycles. The number of allylic oxidation sites excluding steroid dienone is 1. The maximum Gasteiger partial charge on any atom is 0.0714 e. The molecule has 2 aliphatic carbocycles. The number of nitrogens with zero attached hydrogens (tertiary/aromatic N) is 2. The number of rotatable bonds is 7. The van der Waals surface area contributed by atoms with Crippen LogP contribution in [0, 0.1) is 0 Å². The Kier molecular flexibility index (Phi) is 8.60. The highest BCUT2D eigenvalue weighted by Gasteiger charge is 2.46. The zero-order chi connectivity index (χ0) is 42.9. The zero-order valence-corrected chi connectivity index (χ0v) is 35.9. The highest BCUT2D eigenvalue weighted by Crippen LogP contribution is 2.57. The van der Waals surface area contributed by atoms with E-state index in [0.29, 0.717) is 0 Å². The van der Waals surface area contributed by atoms with Crippen LogP contribution in [0.15, 0.2) is 237 Å². The van der Waals surface area contributed by atoms with Crippen LogP contribution in [0.25, 0.3) is 66.6 Å². The molecule has 0 bridgehead atoms. The Labute approximate surface area is 379 Å².